The van der Waals surface area contributed by atoms with E-state index < -0.39 is 24.3 Å². The first-order valence-electron chi connectivity index (χ1n) is 33.7. The van der Waals surface area contributed by atoms with E-state index in [2.05, 4.69) is 135 Å². The normalized spacial score (nSPS) is 13.5. The van der Waals surface area contributed by atoms with Crippen molar-refractivity contribution < 1.29 is 42.9 Å². The number of rotatable bonds is 61. The molecule has 2 atom stereocenters. The Balaban J connectivity index is 4.14. The molecule has 9 nitrogen and oxygen atoms in total. The van der Waals surface area contributed by atoms with Crippen LogP contribution in [0.1, 0.15) is 271 Å². The van der Waals surface area contributed by atoms with Crippen LogP contribution in [0.15, 0.2) is 122 Å². The molecule has 0 aromatic carbocycles. The molecular formula is C74H126NO8+. The summed E-state index contributed by atoms with van der Waals surface area (Å²) in [6.07, 6.45) is 87.3. The monoisotopic (exact) mass is 1160 g/mol. The van der Waals surface area contributed by atoms with E-state index in [4.69, 9.17) is 18.9 Å². The molecule has 0 radical (unpaired) electrons. The number of carboxylic acid groups (broad SMARTS) is 1. The topological polar surface area (TPSA) is 108 Å². The summed E-state index contributed by atoms with van der Waals surface area (Å²) in [5.74, 6) is -2.02. The van der Waals surface area contributed by atoms with Gasteiger partial charge in [-0.15, -0.1) is 0 Å². The van der Waals surface area contributed by atoms with Gasteiger partial charge in [-0.2, -0.15) is 0 Å². The van der Waals surface area contributed by atoms with Gasteiger partial charge in [0.15, 0.2) is 6.10 Å². The number of carbonyl (C=O) groups is 3. The number of ether oxygens (including phenoxy) is 4. The van der Waals surface area contributed by atoms with Gasteiger partial charge in [-0.3, -0.25) is 9.59 Å². The van der Waals surface area contributed by atoms with Crippen LogP contribution in [0.5, 0.6) is 0 Å². The smallest absolute Gasteiger partial charge is 0.361 e. The van der Waals surface area contributed by atoms with Crippen molar-refractivity contribution >= 4 is 17.9 Å². The number of carboxylic acids is 1. The number of carbonyl (C=O) groups excluding carboxylic acids is 2. The maximum absolute atomic E-state index is 12.9. The zero-order valence-electron chi connectivity index (χ0n) is 54.1. The fourth-order valence-electron chi connectivity index (χ4n) is 9.13. The van der Waals surface area contributed by atoms with Gasteiger partial charge in [0.1, 0.15) is 13.2 Å². The first-order valence-corrected chi connectivity index (χ1v) is 33.7. The minimum atomic E-state index is -1.52. The van der Waals surface area contributed by atoms with Gasteiger partial charge in [0.05, 0.1) is 34.4 Å². The zero-order chi connectivity index (χ0) is 60.5. The van der Waals surface area contributed by atoms with Crippen molar-refractivity contribution in [3.63, 3.8) is 0 Å². The Morgan fingerprint density at radius 1 is 0.361 bits per heavy atom. The van der Waals surface area contributed by atoms with Crippen molar-refractivity contribution in [2.45, 2.75) is 283 Å². The molecule has 0 amide bonds. The van der Waals surface area contributed by atoms with E-state index in [0.717, 1.165) is 122 Å². The molecule has 2 unspecified atom stereocenters. The molecule has 0 saturated carbocycles. The van der Waals surface area contributed by atoms with Crippen LogP contribution in [-0.2, 0) is 33.3 Å². The lowest BCUT2D eigenvalue weighted by Gasteiger charge is -2.25. The second kappa shape index (κ2) is 63.7. The number of aliphatic carboxylic acids is 1. The third-order valence-corrected chi connectivity index (χ3v) is 14.2. The van der Waals surface area contributed by atoms with Gasteiger partial charge in [0.2, 0.25) is 0 Å². The summed E-state index contributed by atoms with van der Waals surface area (Å²) in [6.45, 7) is 4.64. The lowest BCUT2D eigenvalue weighted by Crippen LogP contribution is -2.40. The summed E-state index contributed by atoms with van der Waals surface area (Å²) in [7, 11) is 5.97. The van der Waals surface area contributed by atoms with E-state index in [1.165, 1.54) is 116 Å². The highest BCUT2D eigenvalue weighted by Gasteiger charge is 2.25. The van der Waals surface area contributed by atoms with E-state index in [9.17, 15) is 19.5 Å². The van der Waals surface area contributed by atoms with Gasteiger partial charge in [-0.1, -0.05) is 277 Å². The molecule has 0 fully saturated rings. The summed E-state index contributed by atoms with van der Waals surface area (Å²) in [5, 5.41) is 9.74. The van der Waals surface area contributed by atoms with Gasteiger partial charge < -0.3 is 28.5 Å². The Bertz CT molecular complexity index is 1780. The predicted molar refractivity (Wildman–Crippen MR) is 354 cm³/mol. The summed E-state index contributed by atoms with van der Waals surface area (Å²) in [6, 6.07) is 0. The summed E-state index contributed by atoms with van der Waals surface area (Å²) >= 11 is 0. The van der Waals surface area contributed by atoms with Crippen LogP contribution in [0, 0.1) is 0 Å². The Morgan fingerprint density at radius 3 is 0.964 bits per heavy atom. The summed E-state index contributed by atoms with van der Waals surface area (Å²) in [5.41, 5.74) is 0. The third kappa shape index (κ3) is 65.1. The fourth-order valence-corrected chi connectivity index (χ4v) is 9.13. The van der Waals surface area contributed by atoms with Crippen LogP contribution in [-0.4, -0.2) is 87.4 Å². The number of unbranched alkanes of at least 4 members (excludes halogenated alkanes) is 26. The van der Waals surface area contributed by atoms with Crippen molar-refractivity contribution in [2.75, 3.05) is 47.5 Å². The minimum Gasteiger partial charge on any atom is -0.477 e. The van der Waals surface area contributed by atoms with Crippen molar-refractivity contribution in [1.82, 2.24) is 0 Å². The molecule has 0 saturated heterocycles. The Hall–Kier alpha value is -4.31. The molecule has 83 heavy (non-hydrogen) atoms. The quantitative estimate of drug-likeness (QED) is 0.0211. The Labute approximate surface area is 510 Å². The molecule has 0 aliphatic heterocycles. The number of quaternary nitrogens is 1. The third-order valence-electron chi connectivity index (χ3n) is 14.2. The molecule has 1 N–H and O–H groups in total. The Morgan fingerprint density at radius 2 is 0.651 bits per heavy atom. The molecule has 9 heteroatoms. The van der Waals surface area contributed by atoms with E-state index in [1.807, 2.05) is 21.1 Å². The standard InChI is InChI=1S/C74H125NO8/c1-6-8-10-12-14-16-18-20-22-24-26-28-30-32-33-34-35-36-37-38-39-41-42-44-46-48-50-52-54-56-58-60-62-64-71(76)81-68-70(69-82-74(73(78)79)80-67-66-75(3,4)5)83-72(77)65-63-61-59-57-55-53-51-49-47-45-43-40-31-29-27-25-23-21-19-17-15-13-11-9-7-2/h8-11,14-17,20-23,26-29,40,43,47,49,70,74H,6-7,12-13,18-19,24-25,30-39,41-42,44-46,48,50-69H2,1-5H3/p+1/b10-8-,11-9-,16-14-,17-15-,22-20-,23-21-,28-26-,29-27-,43-40-,49-47-. The highest BCUT2D eigenvalue weighted by atomic mass is 16.7. The van der Waals surface area contributed by atoms with Crippen LogP contribution < -0.4 is 0 Å². The fraction of sp³-hybridized carbons (Fsp3) is 0.689. The summed E-state index contributed by atoms with van der Waals surface area (Å²) < 4.78 is 22.9. The number of esters is 2. The van der Waals surface area contributed by atoms with Crippen molar-refractivity contribution in [1.29, 1.82) is 0 Å². The lowest BCUT2D eigenvalue weighted by atomic mass is 10.0. The molecular weight excluding hydrogens is 1030 g/mol. The highest BCUT2D eigenvalue weighted by molar-refractivity contribution is 5.71. The number of hydrogen-bond donors (Lipinski definition) is 1. The number of likely N-dealkylation sites (N-methyl/N-ethyl adjacent to an activating group) is 1. The summed E-state index contributed by atoms with van der Waals surface area (Å²) in [4.78, 5) is 37.6. The molecule has 0 aromatic rings. The predicted octanol–water partition coefficient (Wildman–Crippen LogP) is 20.8. The second-order valence-corrected chi connectivity index (χ2v) is 23.4. The minimum absolute atomic E-state index is 0.180. The maximum atomic E-state index is 12.9. The SMILES string of the molecule is CC/C=C\C/C=C\C/C=C\C/C=C\C/C=C\C/C=C\CCCCCCCCC(=O)OC(COC(=O)CCCCCCCCCCCCCCCCCCCCCC/C=C\C/C=C\C/C=C\C/C=C\CC)COC(OCC[N+](C)(C)C)C(=O)O. The van der Waals surface area contributed by atoms with Gasteiger partial charge >= 0.3 is 17.9 Å². The molecule has 0 heterocycles. The van der Waals surface area contributed by atoms with E-state index in [0.29, 0.717) is 23.9 Å². The van der Waals surface area contributed by atoms with Crippen LogP contribution >= 0.6 is 0 Å². The largest absolute Gasteiger partial charge is 0.477 e. The van der Waals surface area contributed by atoms with E-state index >= 15 is 0 Å². The maximum Gasteiger partial charge on any atom is 0.361 e. The van der Waals surface area contributed by atoms with Crippen molar-refractivity contribution in [3.8, 4) is 0 Å². The first kappa shape index (κ1) is 78.7. The van der Waals surface area contributed by atoms with E-state index in [-0.39, 0.29) is 32.2 Å². The molecule has 0 aliphatic carbocycles. The lowest BCUT2D eigenvalue weighted by molar-refractivity contribution is -0.870. The van der Waals surface area contributed by atoms with E-state index in [1.54, 1.807) is 0 Å². The average Bonchev–Trinajstić information content (AvgIpc) is 3.46. The van der Waals surface area contributed by atoms with Gasteiger partial charge in [0, 0.05) is 12.8 Å². The average molecular weight is 1160 g/mol. The molecule has 0 rings (SSSR count). The number of hydrogen-bond acceptors (Lipinski definition) is 7. The van der Waals surface area contributed by atoms with Crippen LogP contribution in [0.4, 0.5) is 0 Å². The van der Waals surface area contributed by atoms with Crippen LogP contribution in [0.3, 0.4) is 0 Å². The molecule has 474 valence electrons. The number of nitrogens with zero attached hydrogens (tertiary/aromatic N) is 1. The highest BCUT2D eigenvalue weighted by Crippen LogP contribution is 2.17. The Kier molecular flexibility index (Phi) is 60.4. The van der Waals surface area contributed by atoms with Crippen molar-refractivity contribution in [3.05, 3.63) is 122 Å². The second-order valence-electron chi connectivity index (χ2n) is 23.4. The van der Waals surface area contributed by atoms with Gasteiger partial charge in [-0.25, -0.2) is 4.79 Å². The van der Waals surface area contributed by atoms with Crippen LogP contribution in [0.2, 0.25) is 0 Å². The molecule has 0 aliphatic rings. The van der Waals surface area contributed by atoms with Gasteiger partial charge in [-0.05, 0) is 103 Å². The molecule has 0 aromatic heterocycles. The van der Waals surface area contributed by atoms with Crippen LogP contribution in [0.25, 0.3) is 0 Å². The van der Waals surface area contributed by atoms with Crippen molar-refractivity contribution in [2.24, 2.45) is 0 Å². The molecule has 0 bridgehead atoms. The number of allylic oxidation sites excluding steroid dienone is 20. The van der Waals surface area contributed by atoms with Gasteiger partial charge in [0.25, 0.3) is 6.29 Å². The molecule has 0 spiro atoms. The first-order chi connectivity index (χ1) is 40.6. The zero-order valence-corrected chi connectivity index (χ0v) is 54.1.